The Kier molecular flexibility index (Phi) is 5.40. The van der Waals surface area contributed by atoms with Gasteiger partial charge in [0.1, 0.15) is 0 Å². The second-order valence-corrected chi connectivity index (χ2v) is 4.64. The molecule has 0 aromatic carbocycles. The van der Waals surface area contributed by atoms with Crippen molar-refractivity contribution in [1.29, 1.82) is 0 Å². The van der Waals surface area contributed by atoms with E-state index in [2.05, 4.69) is 0 Å². The van der Waals surface area contributed by atoms with E-state index >= 15 is 0 Å². The molecular formula is C8H15NO4S. The van der Waals surface area contributed by atoms with E-state index in [1.165, 1.54) is 11.0 Å². The van der Waals surface area contributed by atoms with Crippen LogP contribution in [0.5, 0.6) is 0 Å². The van der Waals surface area contributed by atoms with E-state index in [1.807, 2.05) is 0 Å². The third kappa shape index (κ3) is 7.75. The van der Waals surface area contributed by atoms with Gasteiger partial charge in [0, 0.05) is 14.1 Å². The quantitative estimate of drug-likeness (QED) is 0.411. The van der Waals surface area contributed by atoms with Crippen molar-refractivity contribution in [2.45, 2.75) is 12.8 Å². The van der Waals surface area contributed by atoms with Gasteiger partial charge in [-0.15, -0.1) is 0 Å². The number of hydrogen-bond acceptors (Lipinski definition) is 3. The van der Waals surface area contributed by atoms with Crippen LogP contribution in [0.15, 0.2) is 12.2 Å². The molecule has 0 spiro atoms. The first kappa shape index (κ1) is 13.1. The predicted molar refractivity (Wildman–Crippen MR) is 53.5 cm³/mol. The van der Waals surface area contributed by atoms with Crippen molar-refractivity contribution < 1.29 is 17.8 Å². The molecule has 0 saturated carbocycles. The average molecular weight is 221 g/mol. The largest absolute Gasteiger partial charge is 0.345 e. The molecule has 1 N–H and O–H groups in total. The zero-order chi connectivity index (χ0) is 11.2. The fraction of sp³-hybridized carbons (Fsp3) is 0.625. The molecule has 0 radical (unpaired) electrons. The lowest BCUT2D eigenvalue weighted by atomic mass is 10.3. The third-order valence-electron chi connectivity index (χ3n) is 1.47. The van der Waals surface area contributed by atoms with Gasteiger partial charge in [0.15, 0.2) is 0 Å². The van der Waals surface area contributed by atoms with E-state index in [0.29, 0.717) is 12.8 Å². The average Bonchev–Trinajstić information content (AvgIpc) is 2.01. The van der Waals surface area contributed by atoms with Crippen molar-refractivity contribution >= 4 is 16.0 Å². The van der Waals surface area contributed by atoms with Crippen LogP contribution in [0.2, 0.25) is 0 Å². The van der Waals surface area contributed by atoms with Crippen molar-refractivity contribution in [2.24, 2.45) is 0 Å². The van der Waals surface area contributed by atoms with Gasteiger partial charge < -0.3 is 4.90 Å². The highest BCUT2D eigenvalue weighted by molar-refractivity contribution is 7.85. The zero-order valence-corrected chi connectivity index (χ0v) is 9.12. The second kappa shape index (κ2) is 5.77. The van der Waals surface area contributed by atoms with Crippen molar-refractivity contribution in [2.75, 3.05) is 19.8 Å². The highest BCUT2D eigenvalue weighted by Crippen LogP contribution is 1.95. The van der Waals surface area contributed by atoms with E-state index in [0.717, 1.165) is 0 Å². The number of rotatable bonds is 5. The van der Waals surface area contributed by atoms with Gasteiger partial charge in [-0.2, -0.15) is 8.42 Å². The number of allylic oxidation sites excluding steroid dienone is 1. The summed E-state index contributed by atoms with van der Waals surface area (Å²) in [6.45, 7) is 0. The molecule has 82 valence electrons. The monoisotopic (exact) mass is 221 g/mol. The highest BCUT2D eigenvalue weighted by Gasteiger charge is 2.02. The van der Waals surface area contributed by atoms with Crippen LogP contribution >= 0.6 is 0 Å². The van der Waals surface area contributed by atoms with Gasteiger partial charge in [0.25, 0.3) is 10.1 Å². The van der Waals surface area contributed by atoms with Crippen molar-refractivity contribution in [3.05, 3.63) is 12.2 Å². The molecule has 0 fully saturated rings. The maximum absolute atomic E-state index is 11.0. The van der Waals surface area contributed by atoms with Gasteiger partial charge >= 0.3 is 0 Å². The standard InChI is InChI=1S/C8H15NO4S/c1-9(2)8(10)6-4-3-5-7-14(11,12)13/h4,6H,3,5,7H2,1-2H3,(H,11,12,13). The molecular weight excluding hydrogens is 206 g/mol. The van der Waals surface area contributed by atoms with E-state index in [-0.39, 0.29) is 11.7 Å². The molecule has 5 nitrogen and oxygen atoms in total. The summed E-state index contributed by atoms with van der Waals surface area (Å²) in [6, 6.07) is 0. The van der Waals surface area contributed by atoms with Crippen molar-refractivity contribution in [1.82, 2.24) is 4.90 Å². The van der Waals surface area contributed by atoms with Crippen molar-refractivity contribution in [3.8, 4) is 0 Å². The molecule has 14 heavy (non-hydrogen) atoms. The molecule has 0 unspecified atom stereocenters. The topological polar surface area (TPSA) is 74.7 Å². The molecule has 0 heterocycles. The lowest BCUT2D eigenvalue weighted by Crippen LogP contribution is -2.18. The smallest absolute Gasteiger partial charge is 0.264 e. The van der Waals surface area contributed by atoms with Gasteiger partial charge in [0.2, 0.25) is 5.91 Å². The van der Waals surface area contributed by atoms with E-state index in [4.69, 9.17) is 4.55 Å². The number of likely N-dealkylation sites (N-methyl/N-ethyl adjacent to an activating group) is 1. The minimum atomic E-state index is -3.87. The Bertz CT molecular complexity index is 305. The first-order valence-electron chi connectivity index (χ1n) is 4.16. The number of carbonyl (C=O) groups excluding carboxylic acids is 1. The van der Waals surface area contributed by atoms with Crippen LogP contribution < -0.4 is 0 Å². The molecule has 0 aromatic heterocycles. The highest BCUT2D eigenvalue weighted by atomic mass is 32.2. The van der Waals surface area contributed by atoms with Crippen LogP contribution in [0.25, 0.3) is 0 Å². The molecule has 0 aliphatic rings. The third-order valence-corrected chi connectivity index (χ3v) is 2.28. The Morgan fingerprint density at radius 1 is 1.43 bits per heavy atom. The summed E-state index contributed by atoms with van der Waals surface area (Å²) in [5, 5.41) is 0. The van der Waals surface area contributed by atoms with Crippen LogP contribution in [0.1, 0.15) is 12.8 Å². The molecule has 0 aliphatic heterocycles. The predicted octanol–water partition coefficient (Wildman–Crippen LogP) is 0.299. The number of amides is 1. The van der Waals surface area contributed by atoms with Crippen LogP contribution in [-0.2, 0) is 14.9 Å². The van der Waals surface area contributed by atoms with E-state index in [1.54, 1.807) is 20.2 Å². The van der Waals surface area contributed by atoms with Gasteiger partial charge in [-0.25, -0.2) is 0 Å². The van der Waals surface area contributed by atoms with Gasteiger partial charge in [0.05, 0.1) is 5.75 Å². The molecule has 0 aromatic rings. The summed E-state index contributed by atoms with van der Waals surface area (Å²) >= 11 is 0. The van der Waals surface area contributed by atoms with Crippen molar-refractivity contribution in [3.63, 3.8) is 0 Å². The Morgan fingerprint density at radius 2 is 2.00 bits per heavy atom. The van der Waals surface area contributed by atoms with Crippen LogP contribution in [-0.4, -0.2) is 43.6 Å². The maximum atomic E-state index is 11.0. The summed E-state index contributed by atoms with van der Waals surface area (Å²) in [6.07, 6.45) is 3.74. The van der Waals surface area contributed by atoms with Gasteiger partial charge in [-0.1, -0.05) is 6.08 Å². The lowest BCUT2D eigenvalue weighted by molar-refractivity contribution is -0.123. The summed E-state index contributed by atoms with van der Waals surface area (Å²) < 4.78 is 29.0. The first-order chi connectivity index (χ1) is 6.33. The molecule has 0 rings (SSSR count). The SMILES string of the molecule is CN(C)C(=O)C=CCCCS(=O)(=O)O. The maximum Gasteiger partial charge on any atom is 0.264 e. The van der Waals surface area contributed by atoms with E-state index in [9.17, 15) is 13.2 Å². The van der Waals surface area contributed by atoms with Crippen LogP contribution in [0.3, 0.4) is 0 Å². The Balaban J connectivity index is 3.70. The summed E-state index contributed by atoms with van der Waals surface area (Å²) in [5.74, 6) is -0.412. The number of carbonyl (C=O) groups is 1. The minimum Gasteiger partial charge on any atom is -0.345 e. The fourth-order valence-corrected chi connectivity index (χ4v) is 1.25. The first-order valence-corrected chi connectivity index (χ1v) is 5.77. The fourth-order valence-electron chi connectivity index (χ4n) is 0.717. The number of unbranched alkanes of at least 4 members (excludes halogenated alkanes) is 1. The molecule has 1 amide bonds. The van der Waals surface area contributed by atoms with Crippen LogP contribution in [0, 0.1) is 0 Å². The molecule has 6 heteroatoms. The Labute approximate surface area is 84.2 Å². The molecule has 0 atom stereocenters. The molecule has 0 bridgehead atoms. The normalized spacial score (nSPS) is 11.9. The van der Waals surface area contributed by atoms with E-state index < -0.39 is 10.1 Å². The Hall–Kier alpha value is -0.880. The molecule has 0 saturated heterocycles. The zero-order valence-electron chi connectivity index (χ0n) is 8.30. The summed E-state index contributed by atoms with van der Waals surface area (Å²) in [7, 11) is -0.611. The minimum absolute atomic E-state index is 0.142. The number of hydrogen-bond donors (Lipinski definition) is 1. The second-order valence-electron chi connectivity index (χ2n) is 3.06. The lowest BCUT2D eigenvalue weighted by Gasteiger charge is -2.04. The Morgan fingerprint density at radius 3 is 2.43 bits per heavy atom. The van der Waals surface area contributed by atoms with Crippen LogP contribution in [0.4, 0.5) is 0 Å². The summed E-state index contributed by atoms with van der Waals surface area (Å²) in [5.41, 5.74) is 0. The number of nitrogens with zero attached hydrogens (tertiary/aromatic N) is 1. The summed E-state index contributed by atoms with van der Waals surface area (Å²) in [4.78, 5) is 12.4. The van der Waals surface area contributed by atoms with Gasteiger partial charge in [-0.05, 0) is 18.9 Å². The van der Waals surface area contributed by atoms with Gasteiger partial charge in [-0.3, -0.25) is 9.35 Å². The molecule has 0 aliphatic carbocycles.